The third-order valence-electron chi connectivity index (χ3n) is 5.52. The first-order valence-electron chi connectivity index (χ1n) is 9.94. The number of nitrogens with one attached hydrogen (secondary N) is 2. The van der Waals surface area contributed by atoms with Gasteiger partial charge in [0.25, 0.3) is 0 Å². The lowest BCUT2D eigenvalue weighted by Gasteiger charge is -2.33. The van der Waals surface area contributed by atoms with Crippen LogP contribution in [0.4, 0.5) is 4.79 Å². The maximum Gasteiger partial charge on any atom is 0.317 e. The van der Waals surface area contributed by atoms with E-state index in [0.29, 0.717) is 19.6 Å². The number of piperidine rings is 1. The molecule has 2 aliphatic rings. The van der Waals surface area contributed by atoms with Gasteiger partial charge in [0.1, 0.15) is 0 Å². The summed E-state index contributed by atoms with van der Waals surface area (Å²) in [6, 6.07) is 4.12. The number of hydrogen-bond donors (Lipinski definition) is 2. The second kappa shape index (κ2) is 9.55. The van der Waals surface area contributed by atoms with Crippen LogP contribution in [0.25, 0.3) is 0 Å². The van der Waals surface area contributed by atoms with E-state index in [1.807, 2.05) is 23.2 Å². The number of carbonyl (C=O) groups excluding carboxylic acids is 2. The Bertz CT molecular complexity index is 579. The molecule has 0 unspecified atom stereocenters. The van der Waals surface area contributed by atoms with Gasteiger partial charge in [-0.05, 0) is 43.7 Å². The molecule has 3 rings (SSSR count). The summed E-state index contributed by atoms with van der Waals surface area (Å²) in [7, 11) is 0. The number of pyridine rings is 1. The molecule has 0 aromatic carbocycles. The summed E-state index contributed by atoms with van der Waals surface area (Å²) in [6.45, 7) is 2.02. The lowest BCUT2D eigenvalue weighted by atomic mass is 9.88. The topological polar surface area (TPSA) is 74.3 Å². The van der Waals surface area contributed by atoms with Gasteiger partial charge in [-0.1, -0.05) is 25.3 Å². The Balaban J connectivity index is 1.33. The van der Waals surface area contributed by atoms with Crippen LogP contribution >= 0.6 is 0 Å². The van der Waals surface area contributed by atoms with E-state index in [0.717, 1.165) is 37.7 Å². The number of likely N-dealkylation sites (tertiary alicyclic amines) is 1. The second-order valence-corrected chi connectivity index (χ2v) is 7.45. The number of amides is 3. The predicted molar refractivity (Wildman–Crippen MR) is 101 cm³/mol. The Morgan fingerprint density at radius 3 is 2.58 bits per heavy atom. The average molecular weight is 358 g/mol. The molecule has 2 N–H and O–H groups in total. The molecule has 142 valence electrons. The fraction of sp³-hybridized carbons (Fsp3) is 0.650. The van der Waals surface area contributed by atoms with Crippen molar-refractivity contribution >= 4 is 11.9 Å². The Kier molecular flexibility index (Phi) is 6.86. The summed E-state index contributed by atoms with van der Waals surface area (Å²) in [4.78, 5) is 30.6. The van der Waals surface area contributed by atoms with Crippen molar-refractivity contribution in [3.63, 3.8) is 0 Å². The van der Waals surface area contributed by atoms with Gasteiger partial charge in [0.15, 0.2) is 0 Å². The standard InChI is InChI=1S/C20H30N4O2/c25-19(17-6-2-1-3-7-17)23-18-9-13-24(14-10-18)20(26)22-12-8-16-5-4-11-21-15-16/h4-5,11,15,17-18H,1-3,6-10,12-14H2,(H,22,26)(H,23,25). The van der Waals surface area contributed by atoms with Crippen molar-refractivity contribution in [1.29, 1.82) is 0 Å². The van der Waals surface area contributed by atoms with Crippen LogP contribution in [0.1, 0.15) is 50.5 Å². The van der Waals surface area contributed by atoms with Crippen LogP contribution in [0.15, 0.2) is 24.5 Å². The molecule has 0 atom stereocenters. The van der Waals surface area contributed by atoms with Crippen molar-refractivity contribution < 1.29 is 9.59 Å². The van der Waals surface area contributed by atoms with Crippen LogP contribution in [-0.2, 0) is 11.2 Å². The molecule has 1 saturated heterocycles. The largest absolute Gasteiger partial charge is 0.353 e. The van der Waals surface area contributed by atoms with Crippen LogP contribution in [0.3, 0.4) is 0 Å². The third-order valence-corrected chi connectivity index (χ3v) is 5.52. The summed E-state index contributed by atoms with van der Waals surface area (Å²) >= 11 is 0. The first-order valence-corrected chi connectivity index (χ1v) is 9.94. The fourth-order valence-electron chi connectivity index (χ4n) is 3.88. The minimum Gasteiger partial charge on any atom is -0.353 e. The lowest BCUT2D eigenvalue weighted by molar-refractivity contribution is -0.126. The molecule has 0 bridgehead atoms. The lowest BCUT2D eigenvalue weighted by Crippen LogP contribution is -2.50. The van der Waals surface area contributed by atoms with Crippen LogP contribution in [0.5, 0.6) is 0 Å². The fourth-order valence-corrected chi connectivity index (χ4v) is 3.88. The van der Waals surface area contributed by atoms with Gasteiger partial charge in [0.2, 0.25) is 5.91 Å². The summed E-state index contributed by atoms with van der Waals surface area (Å²) in [6.07, 6.45) is 11.7. The van der Waals surface area contributed by atoms with E-state index >= 15 is 0 Å². The van der Waals surface area contributed by atoms with E-state index in [9.17, 15) is 9.59 Å². The van der Waals surface area contributed by atoms with E-state index in [2.05, 4.69) is 15.6 Å². The summed E-state index contributed by atoms with van der Waals surface area (Å²) in [5.41, 5.74) is 1.12. The van der Waals surface area contributed by atoms with Crippen LogP contribution in [0.2, 0.25) is 0 Å². The van der Waals surface area contributed by atoms with Crippen molar-refractivity contribution in [2.24, 2.45) is 5.92 Å². The van der Waals surface area contributed by atoms with Crippen molar-refractivity contribution in [3.05, 3.63) is 30.1 Å². The van der Waals surface area contributed by atoms with Gasteiger partial charge in [-0.15, -0.1) is 0 Å². The molecule has 1 aliphatic heterocycles. The highest BCUT2D eigenvalue weighted by atomic mass is 16.2. The molecule has 26 heavy (non-hydrogen) atoms. The van der Waals surface area contributed by atoms with E-state index in [1.165, 1.54) is 19.3 Å². The number of rotatable bonds is 5. The number of hydrogen-bond acceptors (Lipinski definition) is 3. The minimum atomic E-state index is -0.00838. The zero-order valence-corrected chi connectivity index (χ0v) is 15.5. The third kappa shape index (κ3) is 5.44. The van der Waals surface area contributed by atoms with Gasteiger partial charge < -0.3 is 15.5 Å². The van der Waals surface area contributed by atoms with Crippen molar-refractivity contribution in [2.45, 2.75) is 57.4 Å². The summed E-state index contributed by atoms with van der Waals surface area (Å²) < 4.78 is 0. The molecule has 0 radical (unpaired) electrons. The molecule has 2 heterocycles. The first kappa shape index (κ1) is 18.7. The van der Waals surface area contributed by atoms with Crippen molar-refractivity contribution in [3.8, 4) is 0 Å². The molecule has 1 aliphatic carbocycles. The zero-order valence-electron chi connectivity index (χ0n) is 15.5. The molecule has 3 amide bonds. The van der Waals surface area contributed by atoms with Crippen molar-refractivity contribution in [2.75, 3.05) is 19.6 Å². The van der Waals surface area contributed by atoms with Gasteiger partial charge in [-0.2, -0.15) is 0 Å². The molecule has 1 aromatic heterocycles. The Morgan fingerprint density at radius 2 is 1.88 bits per heavy atom. The minimum absolute atomic E-state index is 0.00838. The first-order chi connectivity index (χ1) is 12.7. The Hall–Kier alpha value is -2.11. The van der Waals surface area contributed by atoms with E-state index < -0.39 is 0 Å². The van der Waals surface area contributed by atoms with Gasteiger partial charge in [0.05, 0.1) is 0 Å². The SMILES string of the molecule is O=C(NC1CCN(C(=O)NCCc2cccnc2)CC1)C1CCCCC1. The van der Waals surface area contributed by atoms with Gasteiger partial charge in [-0.3, -0.25) is 9.78 Å². The normalized spacial score (nSPS) is 19.2. The second-order valence-electron chi connectivity index (χ2n) is 7.45. The Morgan fingerprint density at radius 1 is 1.12 bits per heavy atom. The molecule has 2 fully saturated rings. The predicted octanol–water partition coefficient (Wildman–Crippen LogP) is 2.49. The maximum atomic E-state index is 12.3. The van der Waals surface area contributed by atoms with E-state index in [4.69, 9.17) is 0 Å². The molecule has 1 saturated carbocycles. The maximum absolute atomic E-state index is 12.3. The van der Waals surface area contributed by atoms with Crippen molar-refractivity contribution in [1.82, 2.24) is 20.5 Å². The quantitative estimate of drug-likeness (QED) is 0.849. The zero-order chi connectivity index (χ0) is 18.2. The summed E-state index contributed by atoms with van der Waals surface area (Å²) in [5.74, 6) is 0.432. The highest BCUT2D eigenvalue weighted by molar-refractivity contribution is 5.79. The van der Waals surface area contributed by atoms with Gasteiger partial charge >= 0.3 is 6.03 Å². The molecular weight excluding hydrogens is 328 g/mol. The number of urea groups is 1. The van der Waals surface area contributed by atoms with Crippen LogP contribution in [-0.4, -0.2) is 47.5 Å². The molecule has 1 aromatic rings. The van der Waals surface area contributed by atoms with Gasteiger partial charge in [-0.25, -0.2) is 4.79 Å². The van der Waals surface area contributed by atoms with E-state index in [-0.39, 0.29) is 23.9 Å². The number of aromatic nitrogens is 1. The molecule has 0 spiro atoms. The highest BCUT2D eigenvalue weighted by Crippen LogP contribution is 2.24. The number of nitrogens with zero attached hydrogens (tertiary/aromatic N) is 2. The summed E-state index contributed by atoms with van der Waals surface area (Å²) in [5, 5.41) is 6.19. The molecular formula is C20H30N4O2. The average Bonchev–Trinajstić information content (AvgIpc) is 2.70. The smallest absolute Gasteiger partial charge is 0.317 e. The number of carbonyl (C=O) groups is 2. The molecule has 6 nitrogen and oxygen atoms in total. The van der Waals surface area contributed by atoms with Crippen LogP contribution in [0, 0.1) is 5.92 Å². The van der Waals surface area contributed by atoms with E-state index in [1.54, 1.807) is 6.20 Å². The Labute approximate surface area is 155 Å². The highest BCUT2D eigenvalue weighted by Gasteiger charge is 2.27. The van der Waals surface area contributed by atoms with Gasteiger partial charge in [0, 0.05) is 44.0 Å². The van der Waals surface area contributed by atoms with Crippen LogP contribution < -0.4 is 10.6 Å². The monoisotopic (exact) mass is 358 g/mol. The molecule has 6 heteroatoms.